The average Bonchev–Trinajstić information content (AvgIpc) is 3.13. The van der Waals surface area contributed by atoms with Gasteiger partial charge in [0.25, 0.3) is 0 Å². The van der Waals surface area contributed by atoms with Crippen molar-refractivity contribution in [3.05, 3.63) is 153 Å². The lowest BCUT2D eigenvalue weighted by Gasteiger charge is -2.23. The first-order chi connectivity index (χ1) is 25.6. The van der Waals surface area contributed by atoms with Gasteiger partial charge in [-0.25, -0.2) is 13.2 Å². The van der Waals surface area contributed by atoms with Crippen molar-refractivity contribution >= 4 is 6.29 Å². The number of hydrogen-bond acceptors (Lipinski definition) is 5. The number of carbonyl (C=O) groups is 1. The maximum atomic E-state index is 14.8. The molecule has 11 heteroatoms. The molecule has 0 aliphatic carbocycles. The van der Waals surface area contributed by atoms with Crippen LogP contribution in [0.4, 0.5) is 26.3 Å². The van der Waals surface area contributed by atoms with Gasteiger partial charge in [-0.2, -0.15) is 13.2 Å². The van der Waals surface area contributed by atoms with Gasteiger partial charge in [-0.15, -0.1) is 0 Å². The van der Waals surface area contributed by atoms with E-state index in [2.05, 4.69) is 0 Å². The third-order valence-corrected chi connectivity index (χ3v) is 8.42. The molecular weight excluding hydrogens is 710 g/mol. The number of phenolic OH excluding ortho intramolecular Hbond substituents is 3. The summed E-state index contributed by atoms with van der Waals surface area (Å²) in [6.45, 7) is 5.84. The predicted octanol–water partition coefficient (Wildman–Crippen LogP) is 11.3. The van der Waals surface area contributed by atoms with E-state index in [-0.39, 0.29) is 34.0 Å². The van der Waals surface area contributed by atoms with Gasteiger partial charge < -0.3 is 20.1 Å². The summed E-state index contributed by atoms with van der Waals surface area (Å²) in [7, 11) is 1.47. The van der Waals surface area contributed by atoms with Gasteiger partial charge in [0.15, 0.2) is 0 Å². The molecule has 0 heterocycles. The van der Waals surface area contributed by atoms with Crippen molar-refractivity contribution in [2.45, 2.75) is 71.4 Å². The summed E-state index contributed by atoms with van der Waals surface area (Å²) in [5.41, 5.74) is 3.08. The van der Waals surface area contributed by atoms with Crippen LogP contribution in [-0.4, -0.2) is 34.9 Å². The van der Waals surface area contributed by atoms with Crippen LogP contribution in [0.3, 0.4) is 0 Å². The molecule has 54 heavy (non-hydrogen) atoms. The normalized spacial score (nSPS) is 11.4. The Balaban J connectivity index is 0.000000316. The number of methoxy groups -OCH3 is 1. The maximum Gasteiger partial charge on any atom is 0.389 e. The van der Waals surface area contributed by atoms with Gasteiger partial charge in [0.05, 0.1) is 7.11 Å². The van der Waals surface area contributed by atoms with E-state index in [1.165, 1.54) is 36.9 Å². The van der Waals surface area contributed by atoms with Crippen LogP contribution in [-0.2, 0) is 19.3 Å². The van der Waals surface area contributed by atoms with Crippen molar-refractivity contribution in [1.82, 2.24) is 0 Å². The summed E-state index contributed by atoms with van der Waals surface area (Å²) in [5.74, 6) is -2.77. The Hall–Kier alpha value is -5.45. The number of ether oxygens (including phenoxy) is 1. The van der Waals surface area contributed by atoms with Crippen LogP contribution in [0.1, 0.15) is 88.3 Å². The number of benzene rings is 5. The Labute approximate surface area is 311 Å². The number of phenols is 3. The average molecular weight is 755 g/mol. The van der Waals surface area contributed by atoms with E-state index in [4.69, 9.17) is 9.84 Å². The summed E-state index contributed by atoms with van der Waals surface area (Å²) < 4.78 is 85.4. The molecule has 288 valence electrons. The largest absolute Gasteiger partial charge is 0.508 e. The number of aromatic hydroxyl groups is 3. The molecule has 5 aromatic rings. The molecular formula is C43H44F6O5. The van der Waals surface area contributed by atoms with Gasteiger partial charge in [-0.05, 0) is 103 Å². The molecule has 0 saturated heterocycles. The van der Waals surface area contributed by atoms with E-state index >= 15 is 0 Å². The van der Waals surface area contributed by atoms with Gasteiger partial charge in [-0.1, -0.05) is 68.7 Å². The monoisotopic (exact) mass is 754 g/mol. The molecule has 0 spiro atoms. The molecule has 0 aliphatic heterocycles. The number of aldehydes is 1. The summed E-state index contributed by atoms with van der Waals surface area (Å²) in [4.78, 5) is 10.1. The Morgan fingerprint density at radius 3 is 1.63 bits per heavy atom. The minimum Gasteiger partial charge on any atom is -0.508 e. The zero-order chi connectivity index (χ0) is 40.0. The first kappa shape index (κ1) is 43.0. The Morgan fingerprint density at radius 2 is 1.17 bits per heavy atom. The van der Waals surface area contributed by atoms with E-state index in [9.17, 15) is 41.4 Å². The number of alkyl halides is 3. The van der Waals surface area contributed by atoms with Gasteiger partial charge in [0.1, 0.15) is 46.7 Å². The van der Waals surface area contributed by atoms with Crippen molar-refractivity contribution in [3.8, 4) is 23.0 Å². The highest BCUT2D eigenvalue weighted by molar-refractivity contribution is 5.74. The van der Waals surface area contributed by atoms with E-state index in [0.29, 0.717) is 41.7 Å². The van der Waals surface area contributed by atoms with Crippen molar-refractivity contribution in [2.75, 3.05) is 7.11 Å². The third-order valence-electron chi connectivity index (χ3n) is 8.42. The molecule has 1 atom stereocenters. The summed E-state index contributed by atoms with van der Waals surface area (Å²) in [5, 5.41) is 30.4. The maximum absolute atomic E-state index is 14.8. The standard InChI is InChI=1S/C26H25F5O3.C9H11FO.C8H8O/c1-3-4-16-11-23(32)19(13-21(16)27)25(15-5-7-18(34-2)8-6-15)20-14-22(28)17(12-24(20)33)9-10-26(29,30)31;1-2-3-7-6-8(11)4-5-9(7)10;1-7-2-4-8(6-9)5-3-7/h5-8,11-14,25,32-33H,3-4,9-10H2,1-2H3;4-6,11H,2-3H2,1H3;2-6H,1H3. The lowest BCUT2D eigenvalue weighted by atomic mass is 9.82. The summed E-state index contributed by atoms with van der Waals surface area (Å²) in [6, 6.07) is 22.4. The van der Waals surface area contributed by atoms with Gasteiger partial charge >= 0.3 is 6.18 Å². The van der Waals surface area contributed by atoms with Crippen molar-refractivity contribution in [1.29, 1.82) is 0 Å². The number of carbonyl (C=O) groups excluding carboxylic acids is 1. The predicted molar refractivity (Wildman–Crippen MR) is 197 cm³/mol. The van der Waals surface area contributed by atoms with Crippen LogP contribution in [0.25, 0.3) is 0 Å². The molecule has 5 rings (SSSR count). The van der Waals surface area contributed by atoms with Gasteiger partial charge in [0.2, 0.25) is 0 Å². The topological polar surface area (TPSA) is 87.0 Å². The first-order valence-electron chi connectivity index (χ1n) is 17.3. The smallest absolute Gasteiger partial charge is 0.389 e. The van der Waals surface area contributed by atoms with Crippen LogP contribution >= 0.6 is 0 Å². The highest BCUT2D eigenvalue weighted by Crippen LogP contribution is 2.43. The number of rotatable bonds is 11. The molecule has 0 fully saturated rings. The highest BCUT2D eigenvalue weighted by Gasteiger charge is 2.29. The molecule has 0 radical (unpaired) electrons. The molecule has 0 bridgehead atoms. The quantitative estimate of drug-likeness (QED) is 0.0710. The SMILES string of the molecule is CCCc1cc(O)c(C(c2ccc(OC)cc2)c2cc(F)c(CCC(F)(F)F)cc2O)cc1F.CCCc1cc(O)ccc1F.Cc1ccc(C=O)cc1. The number of halogens is 6. The Kier molecular flexibility index (Phi) is 16.0. The fourth-order valence-corrected chi connectivity index (χ4v) is 5.62. The molecule has 1 unspecified atom stereocenters. The minimum atomic E-state index is -4.48. The molecule has 0 amide bonds. The summed E-state index contributed by atoms with van der Waals surface area (Å²) in [6.07, 6.45) is -2.88. The van der Waals surface area contributed by atoms with Crippen LogP contribution in [0.5, 0.6) is 23.0 Å². The van der Waals surface area contributed by atoms with Crippen molar-refractivity contribution < 1.29 is 51.2 Å². The second-order valence-corrected chi connectivity index (χ2v) is 12.6. The molecule has 3 N–H and O–H groups in total. The van der Waals surface area contributed by atoms with E-state index in [0.717, 1.165) is 36.5 Å². The molecule has 5 nitrogen and oxygen atoms in total. The first-order valence-corrected chi connectivity index (χ1v) is 17.3. The molecule has 0 aromatic heterocycles. The second-order valence-electron chi connectivity index (χ2n) is 12.6. The Morgan fingerprint density at radius 1 is 0.667 bits per heavy atom. The zero-order valence-electron chi connectivity index (χ0n) is 30.5. The third kappa shape index (κ3) is 12.6. The van der Waals surface area contributed by atoms with E-state index in [1.807, 2.05) is 45.0 Å². The molecule has 0 aliphatic rings. The summed E-state index contributed by atoms with van der Waals surface area (Å²) >= 11 is 0. The van der Waals surface area contributed by atoms with Crippen molar-refractivity contribution in [3.63, 3.8) is 0 Å². The lowest BCUT2D eigenvalue weighted by Crippen LogP contribution is -2.10. The van der Waals surface area contributed by atoms with E-state index in [1.54, 1.807) is 24.3 Å². The van der Waals surface area contributed by atoms with Crippen LogP contribution < -0.4 is 4.74 Å². The Bertz CT molecular complexity index is 1960. The second kappa shape index (κ2) is 20.1. The minimum absolute atomic E-state index is 0.0173. The molecule has 5 aromatic carbocycles. The fourth-order valence-electron chi connectivity index (χ4n) is 5.62. The van der Waals surface area contributed by atoms with Crippen LogP contribution in [0.15, 0.2) is 91.0 Å². The van der Waals surface area contributed by atoms with Gasteiger partial charge in [0, 0.05) is 29.0 Å². The van der Waals surface area contributed by atoms with Crippen molar-refractivity contribution in [2.24, 2.45) is 0 Å². The number of aryl methyl sites for hydroxylation is 4. The highest BCUT2D eigenvalue weighted by atomic mass is 19.4. The zero-order valence-corrected chi connectivity index (χ0v) is 30.5. The lowest BCUT2D eigenvalue weighted by molar-refractivity contribution is -0.134. The van der Waals surface area contributed by atoms with Gasteiger partial charge in [-0.3, -0.25) is 4.79 Å². The number of hydrogen-bond donors (Lipinski definition) is 3. The fraction of sp³-hybridized carbons (Fsp3) is 0.279. The molecule has 0 saturated carbocycles. The van der Waals surface area contributed by atoms with Crippen LogP contribution in [0.2, 0.25) is 0 Å². The van der Waals surface area contributed by atoms with Crippen LogP contribution in [0, 0.1) is 24.4 Å². The van der Waals surface area contributed by atoms with E-state index < -0.39 is 42.3 Å².